The molecule has 0 aromatic heterocycles. The summed E-state index contributed by atoms with van der Waals surface area (Å²) in [5.74, 6) is 0. The molecule has 0 amide bonds. The van der Waals surface area contributed by atoms with Gasteiger partial charge in [-0.1, -0.05) is 6.92 Å². The van der Waals surface area contributed by atoms with Crippen molar-refractivity contribution < 1.29 is 4.48 Å². The fourth-order valence-electron chi connectivity index (χ4n) is 2.33. The Bertz CT molecular complexity index is 108. The SMILES string of the molecule is CC12CC[N+](C)(CC1)CC2. The molecule has 0 saturated carbocycles. The van der Waals surface area contributed by atoms with Crippen LogP contribution >= 0.6 is 0 Å². The molecule has 3 fully saturated rings. The summed E-state index contributed by atoms with van der Waals surface area (Å²) in [4.78, 5) is 0. The highest BCUT2D eigenvalue weighted by atomic mass is 15.3. The summed E-state index contributed by atoms with van der Waals surface area (Å²) in [5, 5.41) is 0. The highest BCUT2D eigenvalue weighted by molar-refractivity contribution is 4.81. The Morgan fingerprint density at radius 1 is 1.00 bits per heavy atom. The monoisotopic (exact) mass is 140 g/mol. The molecule has 0 aromatic rings. The molecule has 0 aliphatic carbocycles. The second kappa shape index (κ2) is 1.76. The van der Waals surface area contributed by atoms with Crippen molar-refractivity contribution in [3.63, 3.8) is 0 Å². The van der Waals surface area contributed by atoms with Crippen molar-refractivity contribution in [1.29, 1.82) is 0 Å². The molecule has 0 atom stereocenters. The molecular formula is C9H18N+. The molecule has 0 spiro atoms. The Morgan fingerprint density at radius 2 is 1.40 bits per heavy atom. The number of nitrogens with zero attached hydrogens (tertiary/aromatic N) is 1. The molecule has 0 N–H and O–H groups in total. The van der Waals surface area contributed by atoms with Gasteiger partial charge in [-0.3, -0.25) is 0 Å². The largest absolute Gasteiger partial charge is 0.326 e. The van der Waals surface area contributed by atoms with Gasteiger partial charge in [0.2, 0.25) is 0 Å². The molecule has 58 valence electrons. The van der Waals surface area contributed by atoms with Crippen molar-refractivity contribution in [2.24, 2.45) is 5.41 Å². The highest BCUT2D eigenvalue weighted by Gasteiger charge is 2.43. The first-order chi connectivity index (χ1) is 4.62. The molecule has 1 nitrogen and oxygen atoms in total. The molecule has 0 aromatic carbocycles. The lowest BCUT2D eigenvalue weighted by molar-refractivity contribution is -0.927. The molecule has 1 heteroatoms. The van der Waals surface area contributed by atoms with Crippen LogP contribution in [-0.4, -0.2) is 31.2 Å². The number of hydrogen-bond donors (Lipinski definition) is 0. The predicted octanol–water partition coefficient (Wildman–Crippen LogP) is 1.64. The van der Waals surface area contributed by atoms with E-state index in [-0.39, 0.29) is 0 Å². The van der Waals surface area contributed by atoms with Crippen molar-refractivity contribution >= 4 is 0 Å². The number of hydrogen-bond acceptors (Lipinski definition) is 0. The smallest absolute Gasteiger partial charge is 0.0789 e. The van der Waals surface area contributed by atoms with E-state index in [1.165, 1.54) is 43.4 Å². The van der Waals surface area contributed by atoms with Gasteiger partial charge < -0.3 is 4.48 Å². The van der Waals surface area contributed by atoms with E-state index >= 15 is 0 Å². The maximum absolute atomic E-state index is 2.47. The number of quaternary nitrogens is 1. The first kappa shape index (κ1) is 6.66. The predicted molar refractivity (Wildman–Crippen MR) is 42.7 cm³/mol. The van der Waals surface area contributed by atoms with E-state index in [9.17, 15) is 0 Å². The normalized spacial score (nSPS) is 53.4. The van der Waals surface area contributed by atoms with Crippen LogP contribution in [0.3, 0.4) is 0 Å². The number of piperidine rings is 3. The molecular weight excluding hydrogens is 122 g/mol. The molecule has 2 bridgehead atoms. The zero-order valence-corrected chi connectivity index (χ0v) is 7.19. The Labute approximate surface area is 63.6 Å². The van der Waals surface area contributed by atoms with Gasteiger partial charge in [-0.2, -0.15) is 0 Å². The molecule has 3 saturated heterocycles. The minimum absolute atomic E-state index is 0.746. The van der Waals surface area contributed by atoms with Crippen LogP contribution in [-0.2, 0) is 0 Å². The van der Waals surface area contributed by atoms with E-state index in [1.807, 2.05) is 0 Å². The minimum atomic E-state index is 0.746. The summed E-state index contributed by atoms with van der Waals surface area (Å²) < 4.78 is 1.37. The molecule has 3 aliphatic heterocycles. The standard InChI is InChI=1S/C9H18N/c1-9-3-6-10(2,7-4-9)8-5-9/h3-8H2,1-2H3/q+1. The summed E-state index contributed by atoms with van der Waals surface area (Å²) in [5.41, 5.74) is 0.746. The van der Waals surface area contributed by atoms with Crippen LogP contribution in [0.1, 0.15) is 26.2 Å². The number of rotatable bonds is 0. The first-order valence-corrected chi connectivity index (χ1v) is 4.46. The zero-order valence-electron chi connectivity index (χ0n) is 7.19. The Morgan fingerprint density at radius 3 is 1.70 bits per heavy atom. The van der Waals surface area contributed by atoms with Crippen molar-refractivity contribution in [2.45, 2.75) is 26.2 Å². The van der Waals surface area contributed by atoms with E-state index in [4.69, 9.17) is 0 Å². The first-order valence-electron chi connectivity index (χ1n) is 4.46. The summed E-state index contributed by atoms with van der Waals surface area (Å²) >= 11 is 0. The van der Waals surface area contributed by atoms with Gasteiger partial charge in [-0.15, -0.1) is 0 Å². The van der Waals surface area contributed by atoms with Crippen LogP contribution < -0.4 is 0 Å². The molecule has 3 aliphatic rings. The Hall–Kier alpha value is -0.0400. The van der Waals surface area contributed by atoms with Gasteiger partial charge in [0.05, 0.1) is 26.7 Å². The number of fused-ring (bicyclic) bond motifs is 3. The third-order valence-corrected chi connectivity index (χ3v) is 3.77. The average Bonchev–Trinajstić information content (AvgIpc) is 1.93. The van der Waals surface area contributed by atoms with Crippen molar-refractivity contribution in [2.75, 3.05) is 26.7 Å². The molecule has 0 radical (unpaired) electrons. The maximum Gasteiger partial charge on any atom is 0.0789 e. The summed E-state index contributed by atoms with van der Waals surface area (Å²) in [7, 11) is 2.42. The van der Waals surface area contributed by atoms with Crippen molar-refractivity contribution in [3.8, 4) is 0 Å². The summed E-state index contributed by atoms with van der Waals surface area (Å²) in [6.07, 6.45) is 4.43. The van der Waals surface area contributed by atoms with E-state index in [0.717, 1.165) is 5.41 Å². The third-order valence-electron chi connectivity index (χ3n) is 3.77. The van der Waals surface area contributed by atoms with Crippen LogP contribution in [0.5, 0.6) is 0 Å². The average molecular weight is 140 g/mol. The van der Waals surface area contributed by atoms with Crippen LogP contribution in [0.4, 0.5) is 0 Å². The van der Waals surface area contributed by atoms with Crippen LogP contribution in [0.15, 0.2) is 0 Å². The Balaban J connectivity index is 2.16. The van der Waals surface area contributed by atoms with E-state index in [1.54, 1.807) is 0 Å². The lowest BCUT2D eigenvalue weighted by atomic mass is 9.73. The molecule has 3 rings (SSSR count). The zero-order chi connectivity index (χ0) is 7.24. The van der Waals surface area contributed by atoms with Crippen LogP contribution in [0.25, 0.3) is 0 Å². The summed E-state index contributed by atoms with van der Waals surface area (Å²) in [6, 6.07) is 0. The van der Waals surface area contributed by atoms with Gasteiger partial charge in [-0.25, -0.2) is 0 Å². The fraction of sp³-hybridized carbons (Fsp3) is 1.00. The topological polar surface area (TPSA) is 0 Å². The minimum Gasteiger partial charge on any atom is -0.326 e. The second-order valence-corrected chi connectivity index (χ2v) is 4.85. The van der Waals surface area contributed by atoms with E-state index in [0.29, 0.717) is 0 Å². The molecule has 0 unspecified atom stereocenters. The van der Waals surface area contributed by atoms with Gasteiger partial charge >= 0.3 is 0 Å². The van der Waals surface area contributed by atoms with Crippen molar-refractivity contribution in [1.82, 2.24) is 0 Å². The van der Waals surface area contributed by atoms with E-state index < -0.39 is 0 Å². The quantitative estimate of drug-likeness (QED) is 0.449. The van der Waals surface area contributed by atoms with Gasteiger partial charge in [0.15, 0.2) is 0 Å². The Kier molecular flexibility index (Phi) is 1.17. The lowest BCUT2D eigenvalue weighted by Gasteiger charge is -2.51. The van der Waals surface area contributed by atoms with Crippen molar-refractivity contribution in [3.05, 3.63) is 0 Å². The van der Waals surface area contributed by atoms with E-state index in [2.05, 4.69) is 14.0 Å². The highest BCUT2D eigenvalue weighted by Crippen LogP contribution is 2.42. The third kappa shape index (κ3) is 0.878. The van der Waals surface area contributed by atoms with Gasteiger partial charge in [0.1, 0.15) is 0 Å². The summed E-state index contributed by atoms with van der Waals surface area (Å²) in [6.45, 7) is 6.79. The lowest BCUT2D eigenvalue weighted by Crippen LogP contribution is -2.58. The maximum atomic E-state index is 2.47. The second-order valence-electron chi connectivity index (χ2n) is 4.85. The van der Waals surface area contributed by atoms with Gasteiger partial charge in [-0.05, 0) is 5.41 Å². The van der Waals surface area contributed by atoms with Crippen LogP contribution in [0, 0.1) is 5.41 Å². The van der Waals surface area contributed by atoms with Gasteiger partial charge in [0, 0.05) is 19.3 Å². The fourth-order valence-corrected chi connectivity index (χ4v) is 2.33. The van der Waals surface area contributed by atoms with Gasteiger partial charge in [0.25, 0.3) is 0 Å². The molecule has 3 heterocycles. The molecule has 10 heavy (non-hydrogen) atoms. The van der Waals surface area contributed by atoms with Crippen LogP contribution in [0.2, 0.25) is 0 Å².